The summed E-state index contributed by atoms with van der Waals surface area (Å²) in [6, 6.07) is 4.95. The van der Waals surface area contributed by atoms with E-state index in [2.05, 4.69) is 19.6 Å². The molecule has 0 unspecified atom stereocenters. The number of nitrogens with zero attached hydrogens (tertiary/aromatic N) is 2. The highest BCUT2D eigenvalue weighted by atomic mass is 32.2. The van der Waals surface area contributed by atoms with Gasteiger partial charge in [0.1, 0.15) is 11.4 Å². The van der Waals surface area contributed by atoms with Crippen LogP contribution in [0.1, 0.15) is 45.1 Å². The SMILES string of the molecule is CC(C)(C)OC(=O)N1CCC(c2cn(S(=O)(=O)CC[Si](C)(C)C)c3ccc(F)cc23)CC1. The van der Waals surface area contributed by atoms with Crippen molar-refractivity contribution in [3.05, 3.63) is 35.8 Å². The summed E-state index contributed by atoms with van der Waals surface area (Å²) in [5.74, 6) is -0.256. The number of carbonyl (C=O) groups is 1. The first-order valence-corrected chi connectivity index (χ1v) is 16.5. The average molecular weight is 483 g/mol. The maximum atomic E-state index is 14.1. The van der Waals surface area contributed by atoms with Gasteiger partial charge in [-0.05, 0) is 69.3 Å². The maximum absolute atomic E-state index is 14.1. The van der Waals surface area contributed by atoms with Crippen LogP contribution >= 0.6 is 0 Å². The number of benzene rings is 1. The van der Waals surface area contributed by atoms with Crippen LogP contribution in [-0.4, -0.2) is 55.9 Å². The monoisotopic (exact) mass is 482 g/mol. The third-order valence-electron chi connectivity index (χ3n) is 5.76. The number of carbonyl (C=O) groups excluding carboxylic acids is 1. The molecule has 0 saturated carbocycles. The number of likely N-dealkylation sites (tertiary alicyclic amines) is 1. The first kappa shape index (κ1) is 24.8. The third kappa shape index (κ3) is 5.92. The van der Waals surface area contributed by atoms with Crippen molar-refractivity contribution in [2.45, 2.75) is 70.8 Å². The fraction of sp³-hybridized carbons (Fsp3) is 0.609. The largest absolute Gasteiger partial charge is 0.444 e. The Morgan fingerprint density at radius 1 is 1.19 bits per heavy atom. The molecule has 178 valence electrons. The van der Waals surface area contributed by atoms with Crippen molar-refractivity contribution in [1.29, 1.82) is 0 Å². The summed E-state index contributed by atoms with van der Waals surface area (Å²) in [6.07, 6.45) is 2.68. The number of amides is 1. The molecule has 1 amide bonds. The molecule has 1 fully saturated rings. The Hall–Kier alpha value is -1.87. The van der Waals surface area contributed by atoms with Crippen LogP contribution in [0.3, 0.4) is 0 Å². The second-order valence-corrected chi connectivity index (χ2v) is 18.5. The van der Waals surface area contributed by atoms with Crippen LogP contribution in [0.25, 0.3) is 10.9 Å². The summed E-state index contributed by atoms with van der Waals surface area (Å²) < 4.78 is 47.2. The molecule has 0 atom stereocenters. The van der Waals surface area contributed by atoms with E-state index in [-0.39, 0.29) is 23.6 Å². The van der Waals surface area contributed by atoms with Gasteiger partial charge in [-0.15, -0.1) is 0 Å². The number of aromatic nitrogens is 1. The van der Waals surface area contributed by atoms with Gasteiger partial charge in [0.2, 0.25) is 10.0 Å². The molecule has 1 aliphatic rings. The van der Waals surface area contributed by atoms with Crippen molar-refractivity contribution >= 4 is 35.1 Å². The van der Waals surface area contributed by atoms with E-state index in [1.54, 1.807) is 17.2 Å². The predicted molar refractivity (Wildman–Crippen MR) is 129 cm³/mol. The van der Waals surface area contributed by atoms with Crippen LogP contribution in [-0.2, 0) is 14.8 Å². The molecule has 9 heteroatoms. The molecule has 1 aromatic carbocycles. The van der Waals surface area contributed by atoms with Gasteiger partial charge >= 0.3 is 6.09 Å². The lowest BCUT2D eigenvalue weighted by Gasteiger charge is -2.33. The number of fused-ring (bicyclic) bond motifs is 1. The number of piperidine rings is 1. The van der Waals surface area contributed by atoms with E-state index in [1.165, 1.54) is 16.1 Å². The minimum atomic E-state index is -3.55. The van der Waals surface area contributed by atoms with E-state index in [0.29, 0.717) is 42.9 Å². The van der Waals surface area contributed by atoms with Gasteiger partial charge in [-0.3, -0.25) is 0 Å². The van der Waals surface area contributed by atoms with Crippen LogP contribution in [0.4, 0.5) is 9.18 Å². The zero-order valence-electron chi connectivity index (χ0n) is 19.9. The molecule has 0 radical (unpaired) electrons. The Bertz CT molecular complexity index is 1090. The van der Waals surface area contributed by atoms with Crippen molar-refractivity contribution in [2.24, 2.45) is 0 Å². The Balaban J connectivity index is 1.87. The van der Waals surface area contributed by atoms with E-state index < -0.39 is 23.7 Å². The number of ether oxygens (including phenoxy) is 1. The first-order chi connectivity index (χ1) is 14.7. The predicted octanol–water partition coefficient (Wildman–Crippen LogP) is 5.41. The fourth-order valence-corrected chi connectivity index (χ4v) is 8.40. The normalized spacial score (nSPS) is 16.5. The lowest BCUT2D eigenvalue weighted by Crippen LogP contribution is -2.41. The molecule has 2 heterocycles. The summed E-state index contributed by atoms with van der Waals surface area (Å²) in [6.45, 7) is 13.0. The van der Waals surface area contributed by atoms with Gasteiger partial charge in [0.15, 0.2) is 0 Å². The van der Waals surface area contributed by atoms with Crippen LogP contribution in [0.5, 0.6) is 0 Å². The molecule has 0 N–H and O–H groups in total. The Morgan fingerprint density at radius 2 is 1.81 bits per heavy atom. The zero-order chi connectivity index (χ0) is 23.9. The maximum Gasteiger partial charge on any atom is 0.410 e. The smallest absolute Gasteiger partial charge is 0.410 e. The number of halogens is 1. The molecule has 3 rings (SSSR count). The summed E-state index contributed by atoms with van der Waals surface area (Å²) in [5.41, 5.74) is 0.801. The van der Waals surface area contributed by atoms with Gasteiger partial charge < -0.3 is 9.64 Å². The number of hydrogen-bond acceptors (Lipinski definition) is 4. The van der Waals surface area contributed by atoms with Crippen LogP contribution in [0, 0.1) is 5.82 Å². The minimum Gasteiger partial charge on any atom is -0.444 e. The molecule has 0 aliphatic carbocycles. The Morgan fingerprint density at radius 3 is 2.38 bits per heavy atom. The second kappa shape index (κ2) is 8.82. The molecule has 1 aromatic heterocycles. The van der Waals surface area contributed by atoms with Crippen LogP contribution in [0.2, 0.25) is 25.7 Å². The topological polar surface area (TPSA) is 68.6 Å². The van der Waals surface area contributed by atoms with Crippen molar-refractivity contribution in [3.63, 3.8) is 0 Å². The van der Waals surface area contributed by atoms with Crippen LogP contribution < -0.4 is 0 Å². The highest BCUT2D eigenvalue weighted by molar-refractivity contribution is 7.90. The van der Waals surface area contributed by atoms with E-state index in [0.717, 1.165) is 5.56 Å². The molecule has 32 heavy (non-hydrogen) atoms. The highest BCUT2D eigenvalue weighted by Crippen LogP contribution is 2.36. The Labute approximate surface area is 191 Å². The quantitative estimate of drug-likeness (QED) is 0.534. The second-order valence-electron chi connectivity index (χ2n) is 10.9. The van der Waals surface area contributed by atoms with E-state index >= 15 is 0 Å². The molecule has 1 saturated heterocycles. The van der Waals surface area contributed by atoms with Crippen molar-refractivity contribution in [2.75, 3.05) is 18.8 Å². The highest BCUT2D eigenvalue weighted by Gasteiger charge is 2.30. The fourth-order valence-electron chi connectivity index (χ4n) is 3.99. The third-order valence-corrected chi connectivity index (χ3v) is 9.49. The van der Waals surface area contributed by atoms with E-state index in [9.17, 15) is 17.6 Å². The molecule has 0 spiro atoms. The molecule has 6 nitrogen and oxygen atoms in total. The summed E-state index contributed by atoms with van der Waals surface area (Å²) >= 11 is 0. The summed E-state index contributed by atoms with van der Waals surface area (Å²) in [4.78, 5) is 14.1. The van der Waals surface area contributed by atoms with E-state index in [1.807, 2.05) is 20.8 Å². The van der Waals surface area contributed by atoms with Crippen molar-refractivity contribution in [1.82, 2.24) is 8.87 Å². The van der Waals surface area contributed by atoms with E-state index in [4.69, 9.17) is 4.74 Å². The number of rotatable bonds is 5. The first-order valence-electron chi connectivity index (χ1n) is 11.2. The minimum absolute atomic E-state index is 0.0476. The Kier molecular flexibility index (Phi) is 6.82. The van der Waals surface area contributed by atoms with Gasteiger partial charge in [0.05, 0.1) is 11.3 Å². The van der Waals surface area contributed by atoms with Gasteiger partial charge in [-0.2, -0.15) is 0 Å². The molecule has 2 aromatic rings. The van der Waals surface area contributed by atoms with Gasteiger partial charge in [-0.25, -0.2) is 21.6 Å². The van der Waals surface area contributed by atoms with Crippen molar-refractivity contribution < 1.29 is 22.3 Å². The molecular formula is C23H35FN2O4SSi. The summed E-state index contributed by atoms with van der Waals surface area (Å²) in [7, 11) is -5.09. The average Bonchev–Trinajstić information content (AvgIpc) is 3.04. The zero-order valence-corrected chi connectivity index (χ0v) is 21.8. The molecular weight excluding hydrogens is 447 g/mol. The lowest BCUT2D eigenvalue weighted by atomic mass is 9.89. The standard InChI is InChI=1S/C23H35FN2O4SSi/c1-23(2,3)30-22(27)25-11-9-17(10-12-25)20-16-26(21-8-7-18(24)15-19(20)21)31(28,29)13-14-32(4,5)6/h7-8,15-17H,9-14H2,1-6H3. The molecule has 1 aliphatic heterocycles. The van der Waals surface area contributed by atoms with Gasteiger partial charge in [-0.1, -0.05) is 19.6 Å². The van der Waals surface area contributed by atoms with Crippen molar-refractivity contribution in [3.8, 4) is 0 Å². The number of hydrogen-bond donors (Lipinski definition) is 0. The van der Waals surface area contributed by atoms with Gasteiger partial charge in [0, 0.05) is 32.7 Å². The summed E-state index contributed by atoms with van der Waals surface area (Å²) in [5, 5.41) is 0.636. The van der Waals surface area contributed by atoms with Crippen LogP contribution in [0.15, 0.2) is 24.4 Å². The van der Waals surface area contributed by atoms with Gasteiger partial charge in [0.25, 0.3) is 0 Å². The lowest BCUT2D eigenvalue weighted by molar-refractivity contribution is 0.0205. The molecule has 0 bridgehead atoms.